The number of hydrogen-bond acceptors (Lipinski definition) is 8. The Labute approximate surface area is 912 Å². The summed E-state index contributed by atoms with van der Waals surface area (Å²) >= 11 is 0. The summed E-state index contributed by atoms with van der Waals surface area (Å²) in [4.78, 5) is 18.3. The number of nitrogens with zero attached hydrogens (tertiary/aromatic N) is 12. The molecule has 0 N–H and O–H groups in total. The second-order valence-corrected chi connectivity index (χ2v) is 38.6. The summed E-state index contributed by atoms with van der Waals surface area (Å²) in [7, 11) is 0. The van der Waals surface area contributed by atoms with E-state index in [1.165, 1.54) is 160 Å². The van der Waals surface area contributed by atoms with Crippen molar-refractivity contribution in [3.8, 4) is 84.7 Å². The summed E-state index contributed by atoms with van der Waals surface area (Å²) < 4.78 is 17.0. The molecule has 9 aromatic heterocycles. The molecule has 9 heterocycles. The van der Waals surface area contributed by atoms with Crippen molar-refractivity contribution >= 4 is 76.5 Å². The molecule has 0 aliphatic carbocycles. The number of hydrogen-bond donors (Lipinski definition) is 0. The van der Waals surface area contributed by atoms with Gasteiger partial charge in [0.05, 0.1) is 40.5 Å². The molecule has 0 fully saturated rings. The fraction of sp³-hybridized carbons (Fsp3) is 0.183. The van der Waals surface area contributed by atoms with Gasteiger partial charge in [-0.3, -0.25) is 19.5 Å². The van der Waals surface area contributed by atoms with Gasteiger partial charge in [0.15, 0.2) is 0 Å². The zero-order chi connectivity index (χ0) is 96.4. The molecule has 23 aromatic rings. The third-order valence-electron chi connectivity index (χ3n) is 26.4. The average molecular weight is 2770 g/mol. The first-order chi connectivity index (χ1) is 67.4. The molecule has 5 radical (unpaired) electrons. The largest absolute Gasteiger partial charge is 0.456 e. The van der Waals surface area contributed by atoms with Crippen LogP contribution >= 0.6 is 0 Å². The molecule has 0 aliphatic rings. The molecule has 0 atom stereocenters. The van der Waals surface area contributed by atoms with Gasteiger partial charge in [-0.25, -0.2) is 0 Å². The molecule has 0 unspecified atom stereocenters. The smallest absolute Gasteiger partial charge is 0.138 e. The maximum absolute atomic E-state index is 6.25. The molecule has 23 rings (SSSR count). The first-order valence-electron chi connectivity index (χ1n) is 48.0. The van der Waals surface area contributed by atoms with E-state index in [0.29, 0.717) is 17.8 Å². The van der Waals surface area contributed by atoms with Crippen molar-refractivity contribution < 1.29 is 105 Å². The van der Waals surface area contributed by atoms with Crippen LogP contribution in [0.15, 0.2) is 339 Å². The molecule has 14 aromatic carbocycles. The van der Waals surface area contributed by atoms with Gasteiger partial charge in [0.1, 0.15) is 17.5 Å². The van der Waals surface area contributed by atoms with E-state index in [4.69, 9.17) is 14.5 Å². The number of imidazole rings is 3. The molecule has 0 spiro atoms. The molecular weight excluding hydrogens is 2660 g/mol. The minimum atomic E-state index is 0. The molecule has 733 valence electrons. The Hall–Kier alpha value is -12.7. The van der Waals surface area contributed by atoms with Gasteiger partial charge < -0.3 is 27.5 Å². The van der Waals surface area contributed by atoms with E-state index >= 15 is 0 Å². The summed E-state index contributed by atoms with van der Waals surface area (Å²) in [6.07, 6.45) is 18.9. The van der Waals surface area contributed by atoms with Gasteiger partial charge in [-0.2, -0.15) is 34.5 Å². The number of para-hydroxylation sites is 5. The van der Waals surface area contributed by atoms with Crippen LogP contribution in [0, 0.1) is 91.1 Å². The number of fused-ring (bicyclic) bond motifs is 15. The Morgan fingerprint density at radius 1 is 0.389 bits per heavy atom. The number of pyridine rings is 3. The maximum atomic E-state index is 6.25. The Morgan fingerprint density at radius 2 is 0.951 bits per heavy atom. The predicted octanol–water partition coefficient (Wildman–Crippen LogP) is 31.6. The van der Waals surface area contributed by atoms with E-state index in [2.05, 4.69) is 393 Å². The van der Waals surface area contributed by atoms with Crippen LogP contribution in [0.4, 0.5) is 0 Å². The molecule has 0 aliphatic heterocycles. The number of benzene rings is 14. The zero-order valence-corrected chi connectivity index (χ0v) is 95.8. The van der Waals surface area contributed by atoms with Crippen molar-refractivity contribution in [1.29, 1.82) is 0 Å². The van der Waals surface area contributed by atoms with Crippen LogP contribution in [-0.2, 0) is 113 Å². The summed E-state index contributed by atoms with van der Waals surface area (Å²) in [5.41, 5.74) is 38.1. The molecule has 13 nitrogen and oxygen atoms in total. The third kappa shape index (κ3) is 21.8. The van der Waals surface area contributed by atoms with Crippen LogP contribution in [0.5, 0.6) is 0 Å². The second-order valence-electron chi connectivity index (χ2n) is 38.6. The van der Waals surface area contributed by atoms with Crippen LogP contribution in [0.2, 0.25) is 0 Å². The number of rotatable bonds is 15. The number of furan rings is 1. The SMILES string of the molecule is CC(C)c1cccc(C(C)C)c1-n1ccnc1-c1[c-]cccc1.Cc1cc(CC(C)(C)C)cc(C)c1-n1cnnc1-c1[c-]ccnc1.Cc1cc(Cc2cccc3c2oc2ccccc23)cc(C)c1-n1ccnc1-c1[c-]cccc1.Cc1cccc(C)c1-c1cnn2c3[c-]cccc3c3ccccc3c12.Cc1ccccc1-c1cc[c-]c2c1c1ccccc1n1c(-c3ccc(C(C)C)cc3C)cnc21.[Ir].[Ir].[Ir].[Ir].[Ir]. The summed E-state index contributed by atoms with van der Waals surface area (Å²) in [6.45, 7) is 37.6. The summed E-state index contributed by atoms with van der Waals surface area (Å²) in [5.74, 6) is 4.03. The van der Waals surface area contributed by atoms with E-state index in [1.54, 1.807) is 24.8 Å². The number of aromatic nitrogens is 12. The van der Waals surface area contributed by atoms with Gasteiger partial charge in [-0.1, -0.05) is 284 Å². The number of aryl methyl sites for hydroxylation is 8. The van der Waals surface area contributed by atoms with Crippen molar-refractivity contribution in [2.75, 3.05) is 0 Å². The molecule has 0 amide bonds. The van der Waals surface area contributed by atoms with Crippen LogP contribution < -0.4 is 0 Å². The van der Waals surface area contributed by atoms with E-state index < -0.39 is 0 Å². The standard InChI is InChI=1S/C32H27N2.C30H23N2O.C23H17N2.C21H23N2.C20H23N4.5Ir/c1-20(2)23-16-17-25(22(4)18-23)30-19-33-32-28-14-9-13-26(24-11-6-5-10-21(24)3)31(28)27-12-7-8-15-29(27)34(30)32;1-20-17-22(19-24-11-8-13-26-25-12-6-7-14-27(25)33-29(24)26)18-21(2)28(20)32-16-15-31-30(32)23-9-4-3-5-10-23;1-15-8-7-9-16(2)22(15)20-14-24-25-21-13-6-5-11-18(21)17-10-3-4-12-19(17)23(20)25;1-15(2)18-11-8-12-19(16(3)4)20(18)23-14-13-22-21(23)17-9-6-5-7-10-17;1-14-9-16(11-20(3,4)5)10-15(2)18(14)24-13-22-23-19(24)17-7-6-8-21-12-17;;;;;/h5-13,15-20H,1-4H3;3-9,11-18H,19H2,1-2H3;3-12,14H,1-2H3;5-9,11-16H,1-4H3;6,8-10,12-13H,11H2,1-5H3;;;;;/q5*-1;;;;;. The van der Waals surface area contributed by atoms with Crippen LogP contribution in [0.25, 0.3) is 161 Å². The van der Waals surface area contributed by atoms with Gasteiger partial charge in [0.2, 0.25) is 0 Å². The van der Waals surface area contributed by atoms with Gasteiger partial charge >= 0.3 is 0 Å². The van der Waals surface area contributed by atoms with E-state index in [1.807, 2.05) is 113 Å². The Bertz CT molecular complexity index is 8380. The zero-order valence-electron chi connectivity index (χ0n) is 83.8. The fourth-order valence-electron chi connectivity index (χ4n) is 20.3. The second kappa shape index (κ2) is 46.5. The minimum absolute atomic E-state index is 0. The third-order valence-corrected chi connectivity index (χ3v) is 26.4. The molecular formula is C126H113Ir5N12O-5. The first kappa shape index (κ1) is 107. The van der Waals surface area contributed by atoms with Crippen molar-refractivity contribution in [1.82, 2.24) is 57.8 Å². The van der Waals surface area contributed by atoms with Crippen molar-refractivity contribution in [3.63, 3.8) is 0 Å². The Morgan fingerprint density at radius 3 is 1.58 bits per heavy atom. The molecule has 0 bridgehead atoms. The Balaban J connectivity index is 0.000000143. The van der Waals surface area contributed by atoms with Crippen LogP contribution in [0.1, 0.15) is 158 Å². The predicted molar refractivity (Wildman–Crippen MR) is 573 cm³/mol. The van der Waals surface area contributed by atoms with Gasteiger partial charge in [-0.05, 0) is 202 Å². The molecule has 18 heteroatoms. The molecule has 144 heavy (non-hydrogen) atoms. The Kier molecular flexibility index (Phi) is 34.6. The van der Waals surface area contributed by atoms with Crippen molar-refractivity contribution in [3.05, 3.63) is 443 Å². The van der Waals surface area contributed by atoms with Crippen LogP contribution in [0.3, 0.4) is 0 Å². The van der Waals surface area contributed by atoms with Crippen molar-refractivity contribution in [2.45, 2.75) is 148 Å². The molecule has 0 saturated heterocycles. The molecule has 0 saturated carbocycles. The van der Waals surface area contributed by atoms with Crippen LogP contribution in [-0.4, -0.2) is 57.8 Å². The van der Waals surface area contributed by atoms with Gasteiger partial charge in [0, 0.05) is 182 Å². The van der Waals surface area contributed by atoms with Gasteiger partial charge in [-0.15, -0.1) is 113 Å². The minimum Gasteiger partial charge on any atom is -0.456 e. The van der Waals surface area contributed by atoms with Crippen molar-refractivity contribution in [2.24, 2.45) is 5.41 Å². The average Bonchev–Trinajstić information content (AvgIpc) is 1.50. The van der Waals surface area contributed by atoms with E-state index in [-0.39, 0.29) is 106 Å². The monoisotopic (exact) mass is 2770 g/mol. The summed E-state index contributed by atoms with van der Waals surface area (Å²) in [5, 5.41) is 22.6. The quantitative estimate of drug-likeness (QED) is 0.0733. The topological polar surface area (TPSA) is 127 Å². The fourth-order valence-corrected chi connectivity index (χ4v) is 20.3. The first-order valence-corrected chi connectivity index (χ1v) is 48.0. The normalized spacial score (nSPS) is 11.2. The summed E-state index contributed by atoms with van der Waals surface area (Å²) in [6, 6.07) is 114. The van der Waals surface area contributed by atoms with E-state index in [0.717, 1.165) is 91.6 Å². The van der Waals surface area contributed by atoms with Gasteiger partial charge in [0.25, 0.3) is 0 Å². The maximum Gasteiger partial charge on any atom is 0.138 e. The van der Waals surface area contributed by atoms with E-state index in [9.17, 15) is 0 Å².